The third-order valence-corrected chi connectivity index (χ3v) is 3.63. The topological polar surface area (TPSA) is 47.0 Å². The molecule has 1 N–H and O–H groups in total. The molecule has 18 heavy (non-hydrogen) atoms. The van der Waals surface area contributed by atoms with Gasteiger partial charge in [-0.15, -0.1) is 5.10 Å². The highest BCUT2D eigenvalue weighted by Gasteiger charge is 2.17. The zero-order valence-corrected chi connectivity index (χ0v) is 11.6. The van der Waals surface area contributed by atoms with E-state index in [9.17, 15) is 0 Å². The molecule has 1 aromatic carbocycles. The minimum absolute atomic E-state index is 0.116. The summed E-state index contributed by atoms with van der Waals surface area (Å²) in [6.45, 7) is 4.64. The molecule has 0 amide bonds. The monoisotopic (exact) mass is 263 g/mol. The summed E-state index contributed by atoms with van der Waals surface area (Å²) < 4.78 is 9.53. The van der Waals surface area contributed by atoms with Crippen LogP contribution in [0.15, 0.2) is 24.3 Å². The average Bonchev–Trinajstić information content (AvgIpc) is 2.78. The SMILES string of the molecule is CCOc1cccc(C(NC)c2snnc2C)c1. The normalized spacial score (nSPS) is 12.4. The van der Waals surface area contributed by atoms with Crippen molar-refractivity contribution in [2.75, 3.05) is 13.7 Å². The smallest absolute Gasteiger partial charge is 0.119 e. The quantitative estimate of drug-likeness (QED) is 0.900. The average molecular weight is 263 g/mol. The van der Waals surface area contributed by atoms with Crippen LogP contribution >= 0.6 is 11.5 Å². The number of aryl methyl sites for hydroxylation is 1. The lowest BCUT2D eigenvalue weighted by molar-refractivity contribution is 0.339. The highest BCUT2D eigenvalue weighted by atomic mass is 32.1. The van der Waals surface area contributed by atoms with Crippen LogP contribution in [-0.4, -0.2) is 23.2 Å². The van der Waals surface area contributed by atoms with E-state index in [1.165, 1.54) is 11.5 Å². The van der Waals surface area contributed by atoms with Crippen LogP contribution in [0.4, 0.5) is 0 Å². The van der Waals surface area contributed by atoms with Gasteiger partial charge in [0.05, 0.1) is 23.2 Å². The van der Waals surface area contributed by atoms with Gasteiger partial charge in [-0.2, -0.15) is 0 Å². The Labute approximate surface area is 111 Å². The van der Waals surface area contributed by atoms with E-state index in [0.29, 0.717) is 6.61 Å². The Morgan fingerprint density at radius 2 is 2.28 bits per heavy atom. The maximum Gasteiger partial charge on any atom is 0.119 e. The molecule has 0 saturated carbocycles. The number of hydrogen-bond acceptors (Lipinski definition) is 5. The standard InChI is InChI=1S/C13H17N3OS/c1-4-17-11-7-5-6-10(8-11)12(14-3)13-9(2)15-16-18-13/h5-8,12,14H,4H2,1-3H3. The maximum atomic E-state index is 5.53. The van der Waals surface area contributed by atoms with Crippen LogP contribution in [0.5, 0.6) is 5.75 Å². The molecule has 0 fully saturated rings. The lowest BCUT2D eigenvalue weighted by Crippen LogP contribution is -2.17. The lowest BCUT2D eigenvalue weighted by atomic mass is 10.0. The molecule has 1 aromatic heterocycles. The number of ether oxygens (including phenoxy) is 1. The highest BCUT2D eigenvalue weighted by molar-refractivity contribution is 7.05. The van der Waals surface area contributed by atoms with Crippen molar-refractivity contribution in [2.45, 2.75) is 19.9 Å². The molecule has 1 heterocycles. The summed E-state index contributed by atoms with van der Waals surface area (Å²) in [7, 11) is 1.94. The zero-order valence-electron chi connectivity index (χ0n) is 10.8. The van der Waals surface area contributed by atoms with E-state index in [4.69, 9.17) is 4.74 Å². The molecule has 0 aliphatic carbocycles. The van der Waals surface area contributed by atoms with Crippen LogP contribution in [0.25, 0.3) is 0 Å². The van der Waals surface area contributed by atoms with Crippen molar-refractivity contribution >= 4 is 11.5 Å². The van der Waals surface area contributed by atoms with Crippen LogP contribution in [-0.2, 0) is 0 Å². The van der Waals surface area contributed by atoms with Crippen LogP contribution in [0.3, 0.4) is 0 Å². The van der Waals surface area contributed by atoms with Gasteiger partial charge in [-0.05, 0) is 50.1 Å². The Bertz CT molecular complexity index is 512. The van der Waals surface area contributed by atoms with Crippen molar-refractivity contribution in [3.8, 4) is 5.75 Å². The number of aromatic nitrogens is 2. The van der Waals surface area contributed by atoms with E-state index in [0.717, 1.165) is 21.9 Å². The summed E-state index contributed by atoms with van der Waals surface area (Å²) in [6.07, 6.45) is 0. The minimum Gasteiger partial charge on any atom is -0.494 e. The van der Waals surface area contributed by atoms with Crippen LogP contribution in [0.1, 0.15) is 29.1 Å². The first-order valence-corrected chi connectivity index (χ1v) is 6.72. The molecular weight excluding hydrogens is 246 g/mol. The van der Waals surface area contributed by atoms with Crippen LogP contribution < -0.4 is 10.1 Å². The molecule has 4 nitrogen and oxygen atoms in total. The van der Waals surface area contributed by atoms with E-state index < -0.39 is 0 Å². The van der Waals surface area contributed by atoms with Gasteiger partial charge in [-0.25, -0.2) is 0 Å². The van der Waals surface area contributed by atoms with Gasteiger partial charge in [-0.1, -0.05) is 16.6 Å². The number of benzene rings is 1. The zero-order chi connectivity index (χ0) is 13.0. The second-order valence-corrected chi connectivity index (χ2v) is 4.74. The molecule has 0 saturated heterocycles. The van der Waals surface area contributed by atoms with Crippen molar-refractivity contribution in [2.24, 2.45) is 0 Å². The van der Waals surface area contributed by atoms with Gasteiger partial charge in [0, 0.05) is 0 Å². The maximum absolute atomic E-state index is 5.53. The number of nitrogens with zero attached hydrogens (tertiary/aromatic N) is 2. The van der Waals surface area contributed by atoms with E-state index in [1.807, 2.05) is 33.0 Å². The lowest BCUT2D eigenvalue weighted by Gasteiger charge is -2.16. The van der Waals surface area contributed by atoms with Gasteiger partial charge in [0.15, 0.2) is 0 Å². The van der Waals surface area contributed by atoms with E-state index in [2.05, 4.69) is 27.0 Å². The summed E-state index contributed by atoms with van der Waals surface area (Å²) in [5, 5.41) is 7.37. The van der Waals surface area contributed by atoms with Gasteiger partial charge in [0.25, 0.3) is 0 Å². The van der Waals surface area contributed by atoms with Crippen molar-refractivity contribution in [3.05, 3.63) is 40.4 Å². The molecule has 0 radical (unpaired) electrons. The first kappa shape index (κ1) is 13.0. The molecule has 5 heteroatoms. The third-order valence-electron chi connectivity index (χ3n) is 2.74. The van der Waals surface area contributed by atoms with Gasteiger partial charge in [0.2, 0.25) is 0 Å². The fourth-order valence-corrected chi connectivity index (χ4v) is 2.69. The van der Waals surface area contributed by atoms with Crippen LogP contribution in [0.2, 0.25) is 0 Å². The van der Waals surface area contributed by atoms with Gasteiger partial charge >= 0.3 is 0 Å². The predicted molar refractivity (Wildman–Crippen MR) is 73.2 cm³/mol. The Hall–Kier alpha value is -1.46. The second-order valence-electron chi connectivity index (χ2n) is 3.95. The molecule has 1 unspecified atom stereocenters. The third kappa shape index (κ3) is 2.68. The van der Waals surface area contributed by atoms with E-state index in [1.54, 1.807) is 0 Å². The first-order valence-electron chi connectivity index (χ1n) is 5.95. The van der Waals surface area contributed by atoms with Crippen LogP contribution in [0, 0.1) is 6.92 Å². The molecular formula is C13H17N3OS. The highest BCUT2D eigenvalue weighted by Crippen LogP contribution is 2.28. The molecule has 2 aromatic rings. The molecule has 0 aliphatic heterocycles. The van der Waals surface area contributed by atoms with Crippen molar-refractivity contribution in [1.29, 1.82) is 0 Å². The molecule has 0 spiro atoms. The van der Waals surface area contributed by atoms with E-state index in [-0.39, 0.29) is 6.04 Å². The predicted octanol–water partition coefficient (Wildman–Crippen LogP) is 2.55. The van der Waals surface area contributed by atoms with Crippen molar-refractivity contribution in [1.82, 2.24) is 14.9 Å². The number of hydrogen-bond donors (Lipinski definition) is 1. The Morgan fingerprint density at radius 1 is 1.44 bits per heavy atom. The van der Waals surface area contributed by atoms with Gasteiger partial charge in [0.1, 0.15) is 5.75 Å². The fourth-order valence-electron chi connectivity index (χ4n) is 1.90. The summed E-state index contributed by atoms with van der Waals surface area (Å²) in [4.78, 5) is 1.14. The van der Waals surface area contributed by atoms with Gasteiger partial charge in [-0.3, -0.25) is 0 Å². The first-order chi connectivity index (χ1) is 8.76. The Morgan fingerprint density at radius 3 is 2.89 bits per heavy atom. The second kappa shape index (κ2) is 5.93. The largest absolute Gasteiger partial charge is 0.494 e. The summed E-state index contributed by atoms with van der Waals surface area (Å²) in [5.41, 5.74) is 2.14. The van der Waals surface area contributed by atoms with Crippen molar-refractivity contribution in [3.63, 3.8) is 0 Å². The number of nitrogens with one attached hydrogen (secondary N) is 1. The molecule has 96 valence electrons. The molecule has 2 rings (SSSR count). The number of rotatable bonds is 5. The van der Waals surface area contributed by atoms with Gasteiger partial charge < -0.3 is 10.1 Å². The summed E-state index contributed by atoms with van der Waals surface area (Å²) in [5.74, 6) is 0.894. The fraction of sp³-hybridized carbons (Fsp3) is 0.385. The van der Waals surface area contributed by atoms with Crippen molar-refractivity contribution < 1.29 is 4.74 Å². The minimum atomic E-state index is 0.116. The summed E-state index contributed by atoms with van der Waals surface area (Å²) >= 11 is 1.43. The molecule has 0 bridgehead atoms. The molecule has 1 atom stereocenters. The van der Waals surface area contributed by atoms with E-state index >= 15 is 0 Å². The Balaban J connectivity index is 2.33. The Kier molecular flexibility index (Phi) is 4.28. The molecule has 0 aliphatic rings. The summed E-state index contributed by atoms with van der Waals surface area (Å²) in [6, 6.07) is 8.24.